The Hall–Kier alpha value is -1.00. The van der Waals surface area contributed by atoms with Gasteiger partial charge >= 0.3 is 0 Å². The van der Waals surface area contributed by atoms with Crippen LogP contribution in [0.5, 0.6) is 0 Å². The highest BCUT2D eigenvalue weighted by atomic mass is 35.5. The Bertz CT molecular complexity index is 351. The first kappa shape index (κ1) is 7.64. The van der Waals surface area contributed by atoms with Crippen LogP contribution in [0.3, 0.4) is 0 Å². The van der Waals surface area contributed by atoms with E-state index in [2.05, 4.69) is 4.85 Å². The summed E-state index contributed by atoms with van der Waals surface area (Å²) in [5.74, 6) is 0. The Balaban J connectivity index is 2.50. The molecule has 1 aromatic carbocycles. The minimum atomic E-state index is 0.166. The smallest absolute Gasteiger partial charge is 0.187 e. The quantitative estimate of drug-likeness (QED) is 0.422. The molecule has 1 unspecified atom stereocenters. The number of hydrogen-bond acceptors (Lipinski definition) is 0. The van der Waals surface area contributed by atoms with Crippen LogP contribution in [0.1, 0.15) is 22.9 Å². The first-order chi connectivity index (χ1) is 5.81. The van der Waals surface area contributed by atoms with Gasteiger partial charge in [0.25, 0.3) is 0 Å². The van der Waals surface area contributed by atoms with Crippen LogP contribution in [0.2, 0.25) is 0 Å². The molecule has 12 heavy (non-hydrogen) atoms. The van der Waals surface area contributed by atoms with Gasteiger partial charge in [-0.1, -0.05) is 23.8 Å². The highest BCUT2D eigenvalue weighted by Crippen LogP contribution is 2.37. The normalized spacial score (nSPS) is 20.2. The van der Waals surface area contributed by atoms with Crippen LogP contribution in [0, 0.1) is 6.57 Å². The zero-order valence-electron chi connectivity index (χ0n) is 6.55. The molecule has 0 radical (unpaired) electrons. The lowest BCUT2D eigenvalue weighted by atomic mass is 10.1. The molecule has 1 nitrogen and oxygen atoms in total. The summed E-state index contributed by atoms with van der Waals surface area (Å²) in [6.07, 6.45) is 2.03. The van der Waals surface area contributed by atoms with Crippen LogP contribution in [0.4, 0.5) is 5.69 Å². The van der Waals surface area contributed by atoms with Crippen molar-refractivity contribution >= 4 is 17.3 Å². The van der Waals surface area contributed by atoms with Crippen LogP contribution < -0.4 is 0 Å². The van der Waals surface area contributed by atoms with E-state index in [-0.39, 0.29) is 5.38 Å². The molecule has 60 valence electrons. The van der Waals surface area contributed by atoms with E-state index in [0.717, 1.165) is 18.5 Å². The number of hydrogen-bond donors (Lipinski definition) is 0. The average Bonchev–Trinajstić information content (AvgIpc) is 2.47. The van der Waals surface area contributed by atoms with Gasteiger partial charge in [-0.05, 0) is 18.4 Å². The summed E-state index contributed by atoms with van der Waals surface area (Å²) in [5.41, 5.74) is 3.19. The third-order valence-electron chi connectivity index (χ3n) is 2.26. The van der Waals surface area contributed by atoms with Gasteiger partial charge in [0, 0.05) is 0 Å². The minimum Gasteiger partial charge on any atom is -0.238 e. The molecule has 0 fully saturated rings. The number of aryl methyl sites for hydroxylation is 1. The zero-order valence-corrected chi connectivity index (χ0v) is 7.30. The highest BCUT2D eigenvalue weighted by Gasteiger charge is 2.19. The summed E-state index contributed by atoms with van der Waals surface area (Å²) >= 11 is 6.06. The van der Waals surface area contributed by atoms with Gasteiger partial charge in [0.2, 0.25) is 0 Å². The molecular weight excluding hydrogens is 170 g/mol. The molecule has 0 saturated carbocycles. The third kappa shape index (κ3) is 1.09. The number of alkyl halides is 1. The first-order valence-corrected chi connectivity index (χ1v) is 4.39. The monoisotopic (exact) mass is 177 g/mol. The van der Waals surface area contributed by atoms with Crippen LogP contribution in [0.15, 0.2) is 18.2 Å². The second-order valence-electron chi connectivity index (χ2n) is 3.00. The van der Waals surface area contributed by atoms with E-state index in [1.165, 1.54) is 11.1 Å². The van der Waals surface area contributed by atoms with Crippen LogP contribution in [-0.4, -0.2) is 0 Å². The molecule has 0 saturated heterocycles. The molecule has 1 aromatic rings. The summed E-state index contributed by atoms with van der Waals surface area (Å²) < 4.78 is 0. The van der Waals surface area contributed by atoms with Gasteiger partial charge in [-0.25, -0.2) is 4.85 Å². The predicted octanol–water partition coefficient (Wildman–Crippen LogP) is 3.46. The van der Waals surface area contributed by atoms with Crippen molar-refractivity contribution in [1.29, 1.82) is 0 Å². The molecule has 2 heteroatoms. The summed E-state index contributed by atoms with van der Waals surface area (Å²) in [7, 11) is 0. The molecule has 0 spiro atoms. The van der Waals surface area contributed by atoms with Crippen molar-refractivity contribution in [2.24, 2.45) is 0 Å². The van der Waals surface area contributed by atoms with E-state index in [1.807, 2.05) is 18.2 Å². The average molecular weight is 178 g/mol. The van der Waals surface area contributed by atoms with Crippen molar-refractivity contribution in [2.75, 3.05) is 0 Å². The predicted molar refractivity (Wildman–Crippen MR) is 49.6 cm³/mol. The maximum absolute atomic E-state index is 6.85. The van der Waals surface area contributed by atoms with E-state index < -0.39 is 0 Å². The lowest BCUT2D eigenvalue weighted by Crippen LogP contribution is -1.81. The second kappa shape index (κ2) is 2.80. The van der Waals surface area contributed by atoms with Crippen molar-refractivity contribution in [3.8, 4) is 0 Å². The zero-order chi connectivity index (χ0) is 8.55. The largest absolute Gasteiger partial charge is 0.238 e. The van der Waals surface area contributed by atoms with Gasteiger partial charge in [0.1, 0.15) is 0 Å². The summed E-state index contributed by atoms with van der Waals surface area (Å²) in [5, 5.41) is 0.166. The molecular formula is C10H8ClN. The Morgan fingerprint density at radius 3 is 3.08 bits per heavy atom. The maximum Gasteiger partial charge on any atom is 0.187 e. The number of halogens is 1. The molecule has 2 rings (SSSR count). The van der Waals surface area contributed by atoms with E-state index in [9.17, 15) is 0 Å². The SMILES string of the molecule is [C-]#[N+]c1ccc2c(c1)CCC2Cl. The molecule has 1 aliphatic carbocycles. The van der Waals surface area contributed by atoms with Gasteiger partial charge in [0.05, 0.1) is 11.9 Å². The Morgan fingerprint density at radius 2 is 2.33 bits per heavy atom. The van der Waals surface area contributed by atoms with E-state index in [0.29, 0.717) is 0 Å². The topological polar surface area (TPSA) is 4.36 Å². The van der Waals surface area contributed by atoms with Crippen molar-refractivity contribution in [2.45, 2.75) is 18.2 Å². The fourth-order valence-electron chi connectivity index (χ4n) is 1.62. The van der Waals surface area contributed by atoms with Crippen molar-refractivity contribution in [3.63, 3.8) is 0 Å². The van der Waals surface area contributed by atoms with Crippen molar-refractivity contribution in [3.05, 3.63) is 40.7 Å². The van der Waals surface area contributed by atoms with Crippen molar-refractivity contribution in [1.82, 2.24) is 0 Å². The van der Waals surface area contributed by atoms with Gasteiger partial charge in [-0.15, -0.1) is 11.6 Å². The number of nitrogens with zero attached hydrogens (tertiary/aromatic N) is 1. The first-order valence-electron chi connectivity index (χ1n) is 3.95. The molecule has 1 atom stereocenters. The highest BCUT2D eigenvalue weighted by molar-refractivity contribution is 6.21. The summed E-state index contributed by atoms with van der Waals surface area (Å²) in [6.45, 7) is 6.85. The van der Waals surface area contributed by atoms with Crippen LogP contribution in [-0.2, 0) is 6.42 Å². The van der Waals surface area contributed by atoms with E-state index in [4.69, 9.17) is 18.2 Å². The molecule has 0 heterocycles. The van der Waals surface area contributed by atoms with Crippen LogP contribution >= 0.6 is 11.6 Å². The third-order valence-corrected chi connectivity index (χ3v) is 2.71. The molecule has 0 bridgehead atoms. The Labute approximate surface area is 76.8 Å². The van der Waals surface area contributed by atoms with Gasteiger partial charge in [-0.2, -0.15) is 0 Å². The molecule has 1 aliphatic rings. The van der Waals surface area contributed by atoms with Gasteiger partial charge in [-0.3, -0.25) is 0 Å². The van der Waals surface area contributed by atoms with E-state index >= 15 is 0 Å². The second-order valence-corrected chi connectivity index (χ2v) is 3.53. The minimum absolute atomic E-state index is 0.166. The van der Waals surface area contributed by atoms with Gasteiger partial charge in [0.15, 0.2) is 5.69 Å². The maximum atomic E-state index is 6.85. The molecule has 0 aliphatic heterocycles. The number of rotatable bonds is 0. The molecule has 0 amide bonds. The number of fused-ring (bicyclic) bond motifs is 1. The Morgan fingerprint density at radius 1 is 1.50 bits per heavy atom. The summed E-state index contributed by atoms with van der Waals surface area (Å²) in [6, 6.07) is 5.77. The fraction of sp³-hybridized carbons (Fsp3) is 0.300. The number of benzene rings is 1. The lowest BCUT2D eigenvalue weighted by Gasteiger charge is -2.01. The van der Waals surface area contributed by atoms with Gasteiger partial charge < -0.3 is 0 Å². The Kier molecular flexibility index (Phi) is 1.78. The molecule has 0 N–H and O–H groups in total. The van der Waals surface area contributed by atoms with Crippen LogP contribution in [0.25, 0.3) is 4.85 Å². The van der Waals surface area contributed by atoms with E-state index in [1.54, 1.807) is 0 Å². The molecule has 0 aromatic heterocycles. The fourth-order valence-corrected chi connectivity index (χ4v) is 1.94. The lowest BCUT2D eigenvalue weighted by molar-refractivity contribution is 0.882. The standard InChI is InChI=1S/C10H8ClN/c1-12-8-3-4-9-7(6-8)2-5-10(9)11/h3-4,6,10H,2,5H2. The van der Waals surface area contributed by atoms with Crippen molar-refractivity contribution < 1.29 is 0 Å². The summed E-state index contributed by atoms with van der Waals surface area (Å²) in [4.78, 5) is 3.38.